The molecule has 0 bridgehead atoms. The number of nitrogens with zero attached hydrogens (tertiary/aromatic N) is 2. The first-order chi connectivity index (χ1) is 9.42. The van der Waals surface area contributed by atoms with Gasteiger partial charge in [0, 0.05) is 35.5 Å². The first kappa shape index (κ1) is 10.7. The van der Waals surface area contributed by atoms with E-state index in [1.54, 1.807) is 6.20 Å². The molecule has 0 atom stereocenters. The molecule has 4 heterocycles. The number of rotatable bonds is 2. The summed E-state index contributed by atoms with van der Waals surface area (Å²) >= 11 is 0. The van der Waals surface area contributed by atoms with Crippen molar-refractivity contribution in [2.45, 2.75) is 5.92 Å². The van der Waals surface area contributed by atoms with Crippen molar-refractivity contribution in [3.05, 3.63) is 48.4 Å². The lowest BCUT2D eigenvalue weighted by Crippen LogP contribution is -2.25. The number of aromatic amines is 1. The lowest BCUT2D eigenvalue weighted by molar-refractivity contribution is 0.00830. The maximum Gasteiger partial charge on any atom is 0.137 e. The normalized spacial score (nSPS) is 15.6. The van der Waals surface area contributed by atoms with Gasteiger partial charge in [0.2, 0.25) is 0 Å². The van der Waals surface area contributed by atoms with Crippen LogP contribution in [0.3, 0.4) is 0 Å². The SMILES string of the molecule is c1cnc2[nH]cc(-c3ccc(C4COC4)cn3)c2c1. The van der Waals surface area contributed by atoms with E-state index >= 15 is 0 Å². The summed E-state index contributed by atoms with van der Waals surface area (Å²) in [5, 5.41) is 1.11. The summed E-state index contributed by atoms with van der Waals surface area (Å²) in [6, 6.07) is 8.22. The van der Waals surface area contributed by atoms with E-state index in [0.717, 1.165) is 35.5 Å². The van der Waals surface area contributed by atoms with Crippen molar-refractivity contribution in [1.29, 1.82) is 0 Å². The van der Waals surface area contributed by atoms with Crippen LogP contribution in [0, 0.1) is 0 Å². The lowest BCUT2D eigenvalue weighted by Gasteiger charge is -2.25. The molecule has 0 aliphatic carbocycles. The van der Waals surface area contributed by atoms with E-state index in [4.69, 9.17) is 4.74 Å². The standard InChI is InChI=1S/C15H13N3O/c1-2-12-13(7-18-15(12)16-5-1)14-4-3-10(6-17-14)11-8-19-9-11/h1-7,11H,8-9H2,(H,16,18). The maximum atomic E-state index is 5.21. The number of H-pyrrole nitrogens is 1. The molecule has 1 aliphatic heterocycles. The molecule has 0 radical (unpaired) electrons. The third-order valence-electron chi connectivity index (χ3n) is 3.62. The molecule has 94 valence electrons. The average molecular weight is 251 g/mol. The fourth-order valence-corrected chi connectivity index (χ4v) is 2.40. The maximum absolute atomic E-state index is 5.21. The quantitative estimate of drug-likeness (QED) is 0.762. The Morgan fingerprint density at radius 3 is 2.84 bits per heavy atom. The number of hydrogen-bond donors (Lipinski definition) is 1. The highest BCUT2D eigenvalue weighted by molar-refractivity contribution is 5.92. The van der Waals surface area contributed by atoms with Gasteiger partial charge >= 0.3 is 0 Å². The zero-order valence-corrected chi connectivity index (χ0v) is 10.3. The fourth-order valence-electron chi connectivity index (χ4n) is 2.40. The molecule has 19 heavy (non-hydrogen) atoms. The molecule has 1 fully saturated rings. The second-order valence-electron chi connectivity index (χ2n) is 4.81. The molecule has 0 amide bonds. The van der Waals surface area contributed by atoms with Crippen LogP contribution in [0.25, 0.3) is 22.3 Å². The van der Waals surface area contributed by atoms with Crippen LogP contribution in [0.4, 0.5) is 0 Å². The zero-order valence-electron chi connectivity index (χ0n) is 10.3. The highest BCUT2D eigenvalue weighted by Gasteiger charge is 2.20. The van der Waals surface area contributed by atoms with E-state index in [1.165, 1.54) is 5.56 Å². The first-order valence-electron chi connectivity index (χ1n) is 6.38. The lowest BCUT2D eigenvalue weighted by atomic mass is 9.99. The van der Waals surface area contributed by atoms with Gasteiger partial charge in [0.25, 0.3) is 0 Å². The monoisotopic (exact) mass is 251 g/mol. The highest BCUT2D eigenvalue weighted by atomic mass is 16.5. The second-order valence-corrected chi connectivity index (χ2v) is 4.81. The molecule has 0 aromatic carbocycles. The van der Waals surface area contributed by atoms with Crippen LogP contribution in [-0.2, 0) is 4.74 Å². The van der Waals surface area contributed by atoms with Crippen molar-refractivity contribution in [2.75, 3.05) is 13.2 Å². The number of ether oxygens (including phenoxy) is 1. The molecule has 4 rings (SSSR count). The van der Waals surface area contributed by atoms with Gasteiger partial charge in [-0.05, 0) is 23.8 Å². The Morgan fingerprint density at radius 1 is 1.16 bits per heavy atom. The van der Waals surface area contributed by atoms with E-state index in [1.807, 2.05) is 18.5 Å². The van der Waals surface area contributed by atoms with E-state index in [0.29, 0.717) is 5.92 Å². The summed E-state index contributed by atoms with van der Waals surface area (Å²) in [6.07, 6.45) is 5.71. The predicted octanol–water partition coefficient (Wildman–Crippen LogP) is 2.74. The molecule has 4 nitrogen and oxygen atoms in total. The first-order valence-corrected chi connectivity index (χ1v) is 6.38. The molecule has 0 saturated carbocycles. The van der Waals surface area contributed by atoms with Gasteiger partial charge in [0.1, 0.15) is 5.65 Å². The van der Waals surface area contributed by atoms with Gasteiger partial charge in [0.05, 0.1) is 18.9 Å². The fraction of sp³-hybridized carbons (Fsp3) is 0.200. The average Bonchev–Trinajstić information content (AvgIpc) is 2.82. The molecule has 4 heteroatoms. The topological polar surface area (TPSA) is 50.8 Å². The molecule has 1 aliphatic rings. The Balaban J connectivity index is 1.75. The van der Waals surface area contributed by atoms with Crippen LogP contribution in [0.1, 0.15) is 11.5 Å². The molecular formula is C15H13N3O. The molecule has 1 saturated heterocycles. The third kappa shape index (κ3) is 1.72. The van der Waals surface area contributed by atoms with Crippen LogP contribution in [-0.4, -0.2) is 28.2 Å². The van der Waals surface area contributed by atoms with Crippen molar-refractivity contribution < 1.29 is 4.74 Å². The van der Waals surface area contributed by atoms with Crippen molar-refractivity contribution in [1.82, 2.24) is 15.0 Å². The zero-order chi connectivity index (χ0) is 12.7. The summed E-state index contributed by atoms with van der Waals surface area (Å²) < 4.78 is 5.21. The van der Waals surface area contributed by atoms with E-state index < -0.39 is 0 Å². The molecule has 3 aromatic rings. The van der Waals surface area contributed by atoms with Crippen molar-refractivity contribution in [2.24, 2.45) is 0 Å². The summed E-state index contributed by atoms with van der Waals surface area (Å²) in [5.74, 6) is 0.520. The van der Waals surface area contributed by atoms with Gasteiger partial charge in [-0.1, -0.05) is 6.07 Å². The Kier molecular flexibility index (Phi) is 2.35. The minimum atomic E-state index is 0.520. The molecule has 0 unspecified atom stereocenters. The number of hydrogen-bond acceptors (Lipinski definition) is 3. The Labute approximate surface area is 110 Å². The van der Waals surface area contributed by atoms with Crippen LogP contribution >= 0.6 is 0 Å². The molecule has 1 N–H and O–H groups in total. The van der Waals surface area contributed by atoms with Gasteiger partial charge in [-0.25, -0.2) is 4.98 Å². The summed E-state index contributed by atoms with van der Waals surface area (Å²) in [7, 11) is 0. The van der Waals surface area contributed by atoms with Gasteiger partial charge in [0.15, 0.2) is 0 Å². The van der Waals surface area contributed by atoms with E-state index in [-0.39, 0.29) is 0 Å². The van der Waals surface area contributed by atoms with Crippen molar-refractivity contribution in [3.8, 4) is 11.3 Å². The Morgan fingerprint density at radius 2 is 2.11 bits per heavy atom. The minimum absolute atomic E-state index is 0.520. The third-order valence-corrected chi connectivity index (χ3v) is 3.62. The van der Waals surface area contributed by atoms with E-state index in [9.17, 15) is 0 Å². The number of fused-ring (bicyclic) bond motifs is 1. The van der Waals surface area contributed by atoms with Gasteiger partial charge in [-0.2, -0.15) is 0 Å². The minimum Gasteiger partial charge on any atom is -0.380 e. The molecule has 3 aromatic heterocycles. The second kappa shape index (κ2) is 4.17. The predicted molar refractivity (Wildman–Crippen MR) is 72.9 cm³/mol. The Hall–Kier alpha value is -2.20. The van der Waals surface area contributed by atoms with E-state index in [2.05, 4.69) is 33.2 Å². The van der Waals surface area contributed by atoms with Gasteiger partial charge < -0.3 is 9.72 Å². The van der Waals surface area contributed by atoms with Crippen molar-refractivity contribution in [3.63, 3.8) is 0 Å². The summed E-state index contributed by atoms with van der Waals surface area (Å²) in [4.78, 5) is 12.0. The summed E-state index contributed by atoms with van der Waals surface area (Å²) in [5.41, 5.74) is 4.23. The molecular weight excluding hydrogens is 238 g/mol. The van der Waals surface area contributed by atoms with Gasteiger partial charge in [-0.3, -0.25) is 4.98 Å². The van der Waals surface area contributed by atoms with Crippen molar-refractivity contribution >= 4 is 11.0 Å². The number of nitrogens with one attached hydrogen (secondary N) is 1. The summed E-state index contributed by atoms with van der Waals surface area (Å²) in [6.45, 7) is 1.63. The molecule has 0 spiro atoms. The smallest absolute Gasteiger partial charge is 0.137 e. The van der Waals surface area contributed by atoms with Gasteiger partial charge in [-0.15, -0.1) is 0 Å². The highest BCUT2D eigenvalue weighted by Crippen LogP contribution is 2.28. The van der Waals surface area contributed by atoms with Crippen LogP contribution in [0.15, 0.2) is 42.9 Å². The van der Waals surface area contributed by atoms with Crippen LogP contribution in [0.5, 0.6) is 0 Å². The number of pyridine rings is 2. The van der Waals surface area contributed by atoms with Crippen LogP contribution in [0.2, 0.25) is 0 Å². The Bertz CT molecular complexity index is 714. The largest absolute Gasteiger partial charge is 0.380 e. The van der Waals surface area contributed by atoms with Crippen LogP contribution < -0.4 is 0 Å². The number of aromatic nitrogens is 3.